The lowest BCUT2D eigenvalue weighted by molar-refractivity contribution is -0.139. The minimum absolute atomic E-state index is 0.112. The first-order chi connectivity index (χ1) is 14.3. The number of unbranched alkanes of at least 4 members (excludes halogenated alkanes) is 3. The van der Waals surface area contributed by atoms with E-state index in [-0.39, 0.29) is 12.4 Å². The van der Waals surface area contributed by atoms with Crippen LogP contribution in [0.4, 0.5) is 0 Å². The Balaban J connectivity index is 2.50. The van der Waals surface area contributed by atoms with Crippen LogP contribution in [0.2, 0.25) is 0 Å². The Morgan fingerprint density at radius 1 is 1.20 bits per heavy atom. The molecule has 7 N–H and O–H groups in total. The highest BCUT2D eigenvalue weighted by Gasteiger charge is 2.26. The lowest BCUT2D eigenvalue weighted by Crippen LogP contribution is -2.41. The molecular formula is C20H36N4O5S. The Morgan fingerprint density at radius 2 is 1.90 bits per heavy atom. The van der Waals surface area contributed by atoms with Gasteiger partial charge in [-0.1, -0.05) is 25.5 Å². The Kier molecular flexibility index (Phi) is 12.2. The Hall–Kier alpha value is -2.01. The van der Waals surface area contributed by atoms with Gasteiger partial charge in [-0.25, -0.2) is 4.72 Å². The van der Waals surface area contributed by atoms with Crippen LogP contribution >= 0.6 is 10.8 Å². The minimum Gasteiger partial charge on any atom is -0.494 e. The summed E-state index contributed by atoms with van der Waals surface area (Å²) in [6.07, 6.45) is 4.62. The number of nitrogens with one attached hydrogen (secondary N) is 1. The van der Waals surface area contributed by atoms with Gasteiger partial charge >= 0.3 is 5.97 Å². The fourth-order valence-corrected chi connectivity index (χ4v) is 4.37. The number of benzene rings is 1. The molecule has 0 fully saturated rings. The number of rotatable bonds is 16. The highest BCUT2D eigenvalue weighted by atomic mass is 32.3. The first-order valence-corrected chi connectivity index (χ1v) is 11.8. The molecule has 2 atom stereocenters. The molecule has 0 aromatic heterocycles. The summed E-state index contributed by atoms with van der Waals surface area (Å²) in [7, 11) is -1.22. The third-order valence-corrected chi connectivity index (χ3v) is 6.45. The minimum atomic E-state index is -2.62. The molecule has 1 aromatic rings. The highest BCUT2D eigenvalue weighted by Crippen LogP contribution is 2.41. The maximum absolute atomic E-state index is 11.7. The average molecular weight is 445 g/mol. The highest BCUT2D eigenvalue weighted by molar-refractivity contribution is 8.23. The summed E-state index contributed by atoms with van der Waals surface area (Å²) in [6, 6.07) is 6.36. The van der Waals surface area contributed by atoms with Gasteiger partial charge in [0.05, 0.1) is 19.5 Å². The monoisotopic (exact) mass is 444 g/mol. The van der Waals surface area contributed by atoms with Crippen LogP contribution in [-0.2, 0) is 15.4 Å². The molecule has 0 aliphatic carbocycles. The molecule has 1 rings (SSSR count). The van der Waals surface area contributed by atoms with Crippen molar-refractivity contribution in [2.45, 2.75) is 51.5 Å². The average Bonchev–Trinajstić information content (AvgIpc) is 2.72. The predicted molar refractivity (Wildman–Crippen MR) is 122 cm³/mol. The number of hydrogen-bond acceptors (Lipinski definition) is 6. The first-order valence-electron chi connectivity index (χ1n) is 10.2. The van der Waals surface area contributed by atoms with Crippen LogP contribution in [0.3, 0.4) is 0 Å². The van der Waals surface area contributed by atoms with Gasteiger partial charge < -0.3 is 21.3 Å². The molecular weight excluding hydrogens is 408 g/mol. The fraction of sp³-hybridized carbons (Fsp3) is 0.600. The lowest BCUT2D eigenvalue weighted by atomic mass is 10.1. The van der Waals surface area contributed by atoms with E-state index < -0.39 is 22.8 Å². The number of carboxylic acids is 1. The summed E-state index contributed by atoms with van der Waals surface area (Å²) in [6.45, 7) is 3.21. The Morgan fingerprint density at radius 3 is 2.47 bits per heavy atom. The normalized spacial score (nSPS) is 15.0. The second kappa shape index (κ2) is 14.1. The zero-order valence-electron chi connectivity index (χ0n) is 17.9. The van der Waals surface area contributed by atoms with Gasteiger partial charge in [0.15, 0.2) is 5.96 Å². The molecule has 0 saturated carbocycles. The quantitative estimate of drug-likeness (QED) is 0.148. The number of nitrogens with two attached hydrogens (primary N) is 2. The second-order valence-corrected chi connectivity index (χ2v) is 9.20. The molecule has 0 bridgehead atoms. The van der Waals surface area contributed by atoms with E-state index in [0.29, 0.717) is 18.9 Å². The number of guanidine groups is 1. The standard InChI is InChI=1S/C20H36N4O5S/c1-3-4-14-30(27,28-2)24-18(19(25)26)15-16-8-10-17(11-9-16)29-13-7-5-6-12-23-20(21)22/h8-11,18,24,27H,3-7,12-15H2,1-2H3,(H,25,26)(H4,21,22,23)/t18-/m0/s1. The van der Waals surface area contributed by atoms with Crippen molar-refractivity contribution in [2.75, 3.05) is 26.0 Å². The molecule has 0 heterocycles. The van der Waals surface area contributed by atoms with E-state index in [9.17, 15) is 14.5 Å². The van der Waals surface area contributed by atoms with Gasteiger partial charge in [-0.05, 0) is 43.4 Å². The molecule has 1 aromatic carbocycles. The summed E-state index contributed by atoms with van der Waals surface area (Å²) in [4.78, 5) is 15.6. The van der Waals surface area contributed by atoms with Crippen LogP contribution < -0.4 is 20.9 Å². The van der Waals surface area contributed by atoms with Crippen molar-refractivity contribution >= 4 is 22.7 Å². The fourth-order valence-electron chi connectivity index (χ4n) is 2.68. The first kappa shape index (κ1) is 26.0. The third kappa shape index (κ3) is 10.7. The number of nitrogens with zero attached hydrogens (tertiary/aromatic N) is 1. The van der Waals surface area contributed by atoms with Crippen molar-refractivity contribution in [3.8, 4) is 5.75 Å². The van der Waals surface area contributed by atoms with Crippen molar-refractivity contribution in [3.63, 3.8) is 0 Å². The van der Waals surface area contributed by atoms with Gasteiger partial charge in [0.25, 0.3) is 0 Å². The maximum Gasteiger partial charge on any atom is 0.322 e. The number of carboxylic acid groups (broad SMARTS) is 1. The Bertz CT molecular complexity index is 655. The van der Waals surface area contributed by atoms with Gasteiger partial charge in [-0.2, -0.15) is 0 Å². The molecule has 1 unspecified atom stereocenters. The number of aliphatic imine (C=N–C) groups is 1. The number of ether oxygens (including phenoxy) is 1. The zero-order valence-corrected chi connectivity index (χ0v) is 18.7. The van der Waals surface area contributed by atoms with E-state index in [2.05, 4.69) is 9.71 Å². The molecule has 172 valence electrons. The van der Waals surface area contributed by atoms with Gasteiger partial charge in [0, 0.05) is 13.0 Å². The van der Waals surface area contributed by atoms with E-state index in [1.54, 1.807) is 0 Å². The topological polar surface area (TPSA) is 152 Å². The zero-order chi connectivity index (χ0) is 22.4. The molecule has 0 radical (unpaired) electrons. The largest absolute Gasteiger partial charge is 0.494 e. The molecule has 30 heavy (non-hydrogen) atoms. The van der Waals surface area contributed by atoms with Gasteiger partial charge in [-0.3, -0.25) is 18.5 Å². The maximum atomic E-state index is 11.7. The van der Waals surface area contributed by atoms with E-state index in [1.165, 1.54) is 7.11 Å². The SMILES string of the molecule is CCCCS(O)(N[C@@H](Cc1ccc(OCCCCCN=C(N)N)cc1)C(=O)O)OC. The summed E-state index contributed by atoms with van der Waals surface area (Å²) in [5.41, 5.74) is 11.4. The number of hydrogen-bond donors (Lipinski definition) is 5. The van der Waals surface area contributed by atoms with E-state index in [1.807, 2.05) is 31.2 Å². The molecule has 0 aliphatic rings. The van der Waals surface area contributed by atoms with Gasteiger partial charge in [0.2, 0.25) is 0 Å². The van der Waals surface area contributed by atoms with Crippen LogP contribution in [0.15, 0.2) is 29.3 Å². The van der Waals surface area contributed by atoms with E-state index in [0.717, 1.165) is 43.4 Å². The van der Waals surface area contributed by atoms with Crippen LogP contribution in [0.25, 0.3) is 0 Å². The van der Waals surface area contributed by atoms with Crippen molar-refractivity contribution < 1.29 is 23.4 Å². The van der Waals surface area contributed by atoms with E-state index >= 15 is 0 Å². The van der Waals surface area contributed by atoms with Crippen LogP contribution in [0, 0.1) is 0 Å². The smallest absolute Gasteiger partial charge is 0.322 e. The molecule has 0 amide bonds. The van der Waals surface area contributed by atoms with Gasteiger partial charge in [0.1, 0.15) is 11.8 Å². The lowest BCUT2D eigenvalue weighted by Gasteiger charge is -2.39. The number of aliphatic carboxylic acids is 1. The summed E-state index contributed by atoms with van der Waals surface area (Å²) >= 11 is 0. The third-order valence-electron chi connectivity index (χ3n) is 4.40. The molecule has 0 spiro atoms. The van der Waals surface area contributed by atoms with Crippen LogP contribution in [-0.4, -0.2) is 53.6 Å². The second-order valence-electron chi connectivity index (χ2n) is 6.94. The van der Waals surface area contributed by atoms with E-state index in [4.69, 9.17) is 20.4 Å². The van der Waals surface area contributed by atoms with Crippen molar-refractivity contribution in [1.82, 2.24) is 4.72 Å². The summed E-state index contributed by atoms with van der Waals surface area (Å²) in [5, 5.41) is 9.55. The number of carbonyl (C=O) groups is 1. The molecule has 9 nitrogen and oxygen atoms in total. The van der Waals surface area contributed by atoms with Crippen LogP contribution in [0.5, 0.6) is 5.75 Å². The van der Waals surface area contributed by atoms with Crippen molar-refractivity contribution in [2.24, 2.45) is 16.5 Å². The van der Waals surface area contributed by atoms with Gasteiger partial charge in [-0.15, -0.1) is 10.8 Å². The van der Waals surface area contributed by atoms with Crippen molar-refractivity contribution in [3.05, 3.63) is 29.8 Å². The summed E-state index contributed by atoms with van der Waals surface area (Å²) in [5.74, 6) is 0.198. The molecule has 0 saturated heterocycles. The van der Waals surface area contributed by atoms with Crippen LogP contribution in [0.1, 0.15) is 44.6 Å². The van der Waals surface area contributed by atoms with Crippen molar-refractivity contribution in [1.29, 1.82) is 0 Å². The predicted octanol–water partition coefficient (Wildman–Crippen LogP) is 2.65. The molecule has 10 heteroatoms. The molecule has 0 aliphatic heterocycles. The summed E-state index contributed by atoms with van der Waals surface area (Å²) < 4.78 is 24.2. The Labute approximate surface area is 180 Å².